The maximum atomic E-state index is 13.5. The van der Waals surface area contributed by atoms with Gasteiger partial charge >= 0.3 is 0 Å². The number of nitrogens with zero attached hydrogens (tertiary/aromatic N) is 2. The summed E-state index contributed by atoms with van der Waals surface area (Å²) in [6, 6.07) is 14.4. The first-order valence-electron chi connectivity index (χ1n) is 6.60. The van der Waals surface area contributed by atoms with Gasteiger partial charge in [-0.3, -0.25) is 0 Å². The lowest BCUT2D eigenvalue weighted by Crippen LogP contribution is -2.21. The van der Waals surface area contributed by atoms with E-state index in [9.17, 15) is 4.39 Å². The first kappa shape index (κ1) is 12.8. The second kappa shape index (κ2) is 5.06. The van der Waals surface area contributed by atoms with Gasteiger partial charge in [-0.05, 0) is 36.8 Å². The Hall–Kier alpha value is -2.20. The van der Waals surface area contributed by atoms with E-state index in [0.717, 1.165) is 22.4 Å². The highest BCUT2D eigenvalue weighted by atomic mass is 19.1. The highest BCUT2D eigenvalue weighted by molar-refractivity contribution is 5.76. The van der Waals surface area contributed by atoms with E-state index in [4.69, 9.17) is 5.73 Å². The van der Waals surface area contributed by atoms with Crippen LogP contribution in [0.4, 0.5) is 4.39 Å². The second-order valence-electron chi connectivity index (χ2n) is 4.82. The molecule has 0 fully saturated rings. The van der Waals surface area contributed by atoms with Crippen LogP contribution in [0, 0.1) is 12.7 Å². The summed E-state index contributed by atoms with van der Waals surface area (Å²) in [6.45, 7) is 2.34. The number of hydrogen-bond acceptors (Lipinski definition) is 2. The van der Waals surface area contributed by atoms with Crippen molar-refractivity contribution in [2.75, 3.05) is 6.54 Å². The van der Waals surface area contributed by atoms with Gasteiger partial charge in [-0.1, -0.05) is 24.3 Å². The zero-order valence-corrected chi connectivity index (χ0v) is 11.3. The Labute approximate surface area is 116 Å². The SMILES string of the molecule is Cc1nc2ccccc2n1C(CN)c1cccc(F)c1. The lowest BCUT2D eigenvalue weighted by atomic mass is 10.1. The van der Waals surface area contributed by atoms with Crippen molar-refractivity contribution < 1.29 is 4.39 Å². The molecular formula is C16H16FN3. The minimum absolute atomic E-state index is 0.113. The third-order valence-electron chi connectivity index (χ3n) is 3.54. The Morgan fingerprint density at radius 2 is 2.00 bits per heavy atom. The molecule has 3 rings (SSSR count). The molecule has 0 amide bonds. The number of aromatic nitrogens is 2. The molecule has 1 heterocycles. The molecule has 0 aliphatic rings. The fourth-order valence-corrected chi connectivity index (χ4v) is 2.66. The van der Waals surface area contributed by atoms with E-state index >= 15 is 0 Å². The van der Waals surface area contributed by atoms with Gasteiger partial charge in [0, 0.05) is 6.54 Å². The smallest absolute Gasteiger partial charge is 0.123 e. The predicted molar refractivity (Wildman–Crippen MR) is 78.1 cm³/mol. The zero-order chi connectivity index (χ0) is 14.1. The average Bonchev–Trinajstić information content (AvgIpc) is 2.77. The molecule has 1 unspecified atom stereocenters. The van der Waals surface area contributed by atoms with Crippen LogP contribution in [0.2, 0.25) is 0 Å². The second-order valence-corrected chi connectivity index (χ2v) is 4.82. The molecule has 2 aromatic carbocycles. The van der Waals surface area contributed by atoms with E-state index in [1.807, 2.05) is 37.3 Å². The monoisotopic (exact) mass is 269 g/mol. The van der Waals surface area contributed by atoms with Crippen molar-refractivity contribution in [1.82, 2.24) is 9.55 Å². The minimum Gasteiger partial charge on any atom is -0.328 e. The Balaban J connectivity index is 2.19. The number of fused-ring (bicyclic) bond motifs is 1. The van der Waals surface area contributed by atoms with Crippen molar-refractivity contribution in [3.63, 3.8) is 0 Å². The van der Waals surface area contributed by atoms with Crippen LogP contribution in [0.25, 0.3) is 11.0 Å². The fourth-order valence-electron chi connectivity index (χ4n) is 2.66. The molecule has 4 heteroatoms. The third kappa shape index (κ3) is 2.08. The van der Waals surface area contributed by atoms with Gasteiger partial charge in [0.05, 0.1) is 17.1 Å². The largest absolute Gasteiger partial charge is 0.328 e. The predicted octanol–water partition coefficient (Wildman–Crippen LogP) is 3.03. The van der Waals surface area contributed by atoms with Gasteiger partial charge in [-0.2, -0.15) is 0 Å². The van der Waals surface area contributed by atoms with Crippen LogP contribution in [-0.4, -0.2) is 16.1 Å². The standard InChI is InChI=1S/C16H16FN3/c1-11-19-14-7-2-3-8-15(14)20(11)16(10-18)12-5-4-6-13(17)9-12/h2-9,16H,10,18H2,1H3. The molecule has 0 aliphatic carbocycles. The molecule has 3 nitrogen and oxygen atoms in total. The van der Waals surface area contributed by atoms with Gasteiger partial charge in [0.2, 0.25) is 0 Å². The number of halogens is 1. The van der Waals surface area contributed by atoms with Crippen LogP contribution in [0.5, 0.6) is 0 Å². The number of imidazole rings is 1. The fraction of sp³-hybridized carbons (Fsp3) is 0.188. The Morgan fingerprint density at radius 3 is 2.75 bits per heavy atom. The summed E-state index contributed by atoms with van der Waals surface area (Å²) in [5.74, 6) is 0.633. The van der Waals surface area contributed by atoms with Gasteiger partial charge in [0.1, 0.15) is 11.6 Å². The summed E-state index contributed by atoms with van der Waals surface area (Å²) in [7, 11) is 0. The molecule has 3 aromatic rings. The lowest BCUT2D eigenvalue weighted by molar-refractivity contribution is 0.579. The van der Waals surface area contributed by atoms with Gasteiger partial charge in [-0.15, -0.1) is 0 Å². The molecule has 0 saturated carbocycles. The third-order valence-corrected chi connectivity index (χ3v) is 3.54. The van der Waals surface area contributed by atoms with Gasteiger partial charge in [-0.25, -0.2) is 9.37 Å². The van der Waals surface area contributed by atoms with Crippen molar-refractivity contribution in [1.29, 1.82) is 0 Å². The molecule has 1 atom stereocenters. The number of hydrogen-bond donors (Lipinski definition) is 1. The first-order valence-corrected chi connectivity index (χ1v) is 6.60. The molecule has 0 spiro atoms. The van der Waals surface area contributed by atoms with Crippen LogP contribution in [0.1, 0.15) is 17.4 Å². The van der Waals surface area contributed by atoms with E-state index in [1.165, 1.54) is 12.1 Å². The van der Waals surface area contributed by atoms with E-state index < -0.39 is 0 Å². The minimum atomic E-state index is -0.247. The maximum Gasteiger partial charge on any atom is 0.123 e. The maximum absolute atomic E-state index is 13.5. The number of nitrogens with two attached hydrogens (primary N) is 1. The highest BCUT2D eigenvalue weighted by Crippen LogP contribution is 2.25. The summed E-state index contributed by atoms with van der Waals surface area (Å²) in [5.41, 5.74) is 8.74. The molecular weight excluding hydrogens is 253 g/mol. The number of benzene rings is 2. The van der Waals surface area contributed by atoms with Crippen LogP contribution < -0.4 is 5.73 Å². The van der Waals surface area contributed by atoms with Crippen molar-refractivity contribution in [3.05, 3.63) is 65.7 Å². The molecule has 102 valence electrons. The normalized spacial score (nSPS) is 12.8. The molecule has 0 aliphatic heterocycles. The summed E-state index contributed by atoms with van der Waals surface area (Å²) >= 11 is 0. The quantitative estimate of drug-likeness (QED) is 0.794. The molecule has 1 aromatic heterocycles. The van der Waals surface area contributed by atoms with Crippen molar-refractivity contribution >= 4 is 11.0 Å². The average molecular weight is 269 g/mol. The summed E-state index contributed by atoms with van der Waals surface area (Å²) in [5, 5.41) is 0. The molecule has 2 N–H and O–H groups in total. The van der Waals surface area contributed by atoms with Crippen molar-refractivity contribution in [2.45, 2.75) is 13.0 Å². The topological polar surface area (TPSA) is 43.8 Å². The van der Waals surface area contributed by atoms with Crippen LogP contribution >= 0.6 is 0 Å². The number of para-hydroxylation sites is 2. The van der Waals surface area contributed by atoms with E-state index in [1.54, 1.807) is 6.07 Å². The number of rotatable bonds is 3. The van der Waals surface area contributed by atoms with Crippen molar-refractivity contribution in [3.8, 4) is 0 Å². The molecule has 0 saturated heterocycles. The van der Waals surface area contributed by atoms with Gasteiger partial charge < -0.3 is 10.3 Å². The van der Waals surface area contributed by atoms with Crippen LogP contribution in [0.3, 0.4) is 0 Å². The van der Waals surface area contributed by atoms with E-state index in [2.05, 4.69) is 9.55 Å². The summed E-state index contributed by atoms with van der Waals surface area (Å²) in [4.78, 5) is 4.54. The summed E-state index contributed by atoms with van der Waals surface area (Å²) < 4.78 is 15.5. The molecule has 0 bridgehead atoms. The van der Waals surface area contributed by atoms with Gasteiger partial charge in [0.25, 0.3) is 0 Å². The zero-order valence-electron chi connectivity index (χ0n) is 11.3. The highest BCUT2D eigenvalue weighted by Gasteiger charge is 2.17. The van der Waals surface area contributed by atoms with Crippen LogP contribution in [0.15, 0.2) is 48.5 Å². The first-order chi connectivity index (χ1) is 9.70. The lowest BCUT2D eigenvalue weighted by Gasteiger charge is -2.20. The molecule has 20 heavy (non-hydrogen) atoms. The van der Waals surface area contributed by atoms with E-state index in [0.29, 0.717) is 6.54 Å². The van der Waals surface area contributed by atoms with Crippen LogP contribution in [-0.2, 0) is 0 Å². The van der Waals surface area contributed by atoms with Gasteiger partial charge in [0.15, 0.2) is 0 Å². The van der Waals surface area contributed by atoms with E-state index in [-0.39, 0.29) is 11.9 Å². The number of aryl methyl sites for hydroxylation is 1. The Morgan fingerprint density at radius 1 is 1.20 bits per heavy atom. The van der Waals surface area contributed by atoms with Crippen molar-refractivity contribution in [2.24, 2.45) is 5.73 Å². The summed E-state index contributed by atoms with van der Waals surface area (Å²) in [6.07, 6.45) is 0. The Kier molecular flexibility index (Phi) is 3.24. The Bertz CT molecular complexity index is 748. The molecule has 0 radical (unpaired) electrons.